The SMILES string of the molecule is C[C@H]1c2ccc(NC(=O)NC(C)(C)C)c(O)c2C(=O)C2=C(O)[C@]3(CC(=O)NC(C)(C)C)C(=O)C(C(N)=O)=C(O)[C@@H](N(C)C)[C@@H]3[C@@H](O)[C@@H]21. The van der Waals surface area contributed by atoms with E-state index in [1.165, 1.54) is 31.1 Å². The Bertz CT molecular complexity index is 1630. The average Bonchev–Trinajstić information content (AvgIpc) is 2.89. The van der Waals surface area contributed by atoms with Gasteiger partial charge in [-0.3, -0.25) is 24.1 Å². The van der Waals surface area contributed by atoms with Gasteiger partial charge in [0.05, 0.1) is 23.4 Å². The van der Waals surface area contributed by atoms with E-state index in [2.05, 4.69) is 16.0 Å². The molecular weight excluding hydrogens is 610 g/mol. The minimum atomic E-state index is -2.42. The van der Waals surface area contributed by atoms with Gasteiger partial charge in [0.25, 0.3) is 5.91 Å². The third-order valence-electron chi connectivity index (χ3n) is 9.03. The molecule has 0 unspecified atom stereocenters. The van der Waals surface area contributed by atoms with Gasteiger partial charge in [-0.15, -0.1) is 0 Å². The van der Waals surface area contributed by atoms with Crippen LogP contribution in [0.4, 0.5) is 10.5 Å². The van der Waals surface area contributed by atoms with Gasteiger partial charge in [0.2, 0.25) is 5.91 Å². The van der Waals surface area contributed by atoms with Gasteiger partial charge in [0.1, 0.15) is 22.5 Å². The van der Waals surface area contributed by atoms with Gasteiger partial charge in [-0.1, -0.05) is 13.0 Å². The van der Waals surface area contributed by atoms with E-state index in [0.29, 0.717) is 5.56 Å². The van der Waals surface area contributed by atoms with E-state index in [4.69, 9.17) is 5.73 Å². The third-order valence-corrected chi connectivity index (χ3v) is 9.03. The van der Waals surface area contributed by atoms with Crippen molar-refractivity contribution in [2.24, 2.45) is 23.0 Å². The number of nitrogens with two attached hydrogens (primary N) is 1. The summed E-state index contributed by atoms with van der Waals surface area (Å²) >= 11 is 0. The molecule has 0 spiro atoms. The Hall–Kier alpha value is -4.43. The van der Waals surface area contributed by atoms with E-state index in [0.717, 1.165) is 0 Å². The number of aliphatic hydroxyl groups excluding tert-OH is 3. The van der Waals surface area contributed by atoms with Crippen LogP contribution in [0.3, 0.4) is 0 Å². The van der Waals surface area contributed by atoms with Crippen LogP contribution in [0.2, 0.25) is 0 Å². The van der Waals surface area contributed by atoms with E-state index in [1.54, 1.807) is 48.5 Å². The van der Waals surface area contributed by atoms with Crippen molar-refractivity contribution in [3.8, 4) is 5.75 Å². The predicted molar refractivity (Wildman–Crippen MR) is 172 cm³/mol. The number of amides is 4. The number of phenols is 1. The number of anilines is 1. The van der Waals surface area contributed by atoms with Gasteiger partial charge in [0.15, 0.2) is 17.3 Å². The van der Waals surface area contributed by atoms with E-state index in [9.17, 15) is 44.4 Å². The molecule has 9 N–H and O–H groups in total. The second-order valence-electron chi connectivity index (χ2n) is 15.0. The normalized spacial score (nSPS) is 27.6. The lowest BCUT2D eigenvalue weighted by molar-refractivity contribution is -0.150. The Morgan fingerprint density at radius 1 is 0.979 bits per heavy atom. The van der Waals surface area contributed by atoms with Crippen molar-refractivity contribution >= 4 is 35.1 Å². The summed E-state index contributed by atoms with van der Waals surface area (Å²) in [5, 5.41) is 54.9. The third kappa shape index (κ3) is 5.84. The Morgan fingerprint density at radius 2 is 1.55 bits per heavy atom. The maximum atomic E-state index is 14.4. The zero-order valence-corrected chi connectivity index (χ0v) is 28.1. The zero-order chi connectivity index (χ0) is 35.7. The van der Waals surface area contributed by atoms with Crippen LogP contribution >= 0.6 is 0 Å². The fourth-order valence-electron chi connectivity index (χ4n) is 7.37. The number of likely N-dealkylation sites (N-methyl/N-ethyl adjacent to an activating group) is 1. The monoisotopic (exact) mass is 655 g/mol. The first-order valence-corrected chi connectivity index (χ1v) is 15.3. The molecule has 47 heavy (non-hydrogen) atoms. The lowest BCUT2D eigenvalue weighted by Crippen LogP contribution is -2.65. The molecule has 4 amide bonds. The predicted octanol–water partition coefficient (Wildman–Crippen LogP) is 2.13. The largest absolute Gasteiger partial charge is 0.511 e. The van der Waals surface area contributed by atoms with E-state index in [1.807, 2.05) is 0 Å². The number of benzene rings is 1. The summed E-state index contributed by atoms with van der Waals surface area (Å²) in [7, 11) is 3.04. The first-order valence-electron chi connectivity index (χ1n) is 15.3. The molecule has 0 saturated heterocycles. The lowest BCUT2D eigenvalue weighted by atomic mass is 9.49. The molecule has 0 aliphatic heterocycles. The number of aromatic hydroxyl groups is 1. The fraction of sp³-hybridized carbons (Fsp3) is 0.545. The molecule has 3 aliphatic rings. The molecule has 14 heteroatoms. The number of nitrogens with zero attached hydrogens (tertiary/aromatic N) is 1. The number of rotatable bonds is 5. The van der Waals surface area contributed by atoms with E-state index < -0.39 is 111 Å². The molecule has 6 atom stereocenters. The van der Waals surface area contributed by atoms with Crippen LogP contribution in [0.5, 0.6) is 5.75 Å². The van der Waals surface area contributed by atoms with Gasteiger partial charge in [-0.25, -0.2) is 4.79 Å². The zero-order valence-electron chi connectivity index (χ0n) is 28.1. The number of hydrogen-bond acceptors (Lipinski definition) is 10. The number of Topliss-reactive ketones (excluding diaryl/α,β-unsaturated/α-hetero) is 2. The molecule has 0 aromatic heterocycles. The number of nitrogens with one attached hydrogen (secondary N) is 3. The van der Waals surface area contributed by atoms with Crippen LogP contribution in [0.1, 0.15) is 76.7 Å². The van der Waals surface area contributed by atoms with Crippen molar-refractivity contribution in [1.29, 1.82) is 0 Å². The minimum Gasteiger partial charge on any atom is -0.511 e. The summed E-state index contributed by atoms with van der Waals surface area (Å²) in [5.41, 5.74) is 0.356. The van der Waals surface area contributed by atoms with E-state index >= 15 is 0 Å². The molecule has 1 aromatic rings. The highest BCUT2D eigenvalue weighted by Crippen LogP contribution is 2.60. The van der Waals surface area contributed by atoms with Crippen molar-refractivity contribution in [3.63, 3.8) is 0 Å². The summed E-state index contributed by atoms with van der Waals surface area (Å²) in [6.45, 7) is 12.0. The molecule has 0 saturated carbocycles. The van der Waals surface area contributed by atoms with Crippen LogP contribution in [-0.4, -0.2) is 92.1 Å². The van der Waals surface area contributed by atoms with Crippen LogP contribution < -0.4 is 21.7 Å². The second-order valence-corrected chi connectivity index (χ2v) is 15.0. The van der Waals surface area contributed by atoms with Gasteiger partial charge < -0.3 is 42.1 Å². The summed E-state index contributed by atoms with van der Waals surface area (Å²) in [6, 6.07) is 0.978. The first-order chi connectivity index (χ1) is 21.5. The van der Waals surface area contributed by atoms with Crippen molar-refractivity contribution in [3.05, 3.63) is 45.9 Å². The Balaban J connectivity index is 2.02. The summed E-state index contributed by atoms with van der Waals surface area (Å²) < 4.78 is 0. The molecule has 0 bridgehead atoms. The fourth-order valence-corrected chi connectivity index (χ4v) is 7.37. The molecule has 14 nitrogen and oxygen atoms in total. The van der Waals surface area contributed by atoms with Crippen molar-refractivity contribution in [2.45, 2.75) is 84.0 Å². The van der Waals surface area contributed by atoms with Crippen molar-refractivity contribution < 1.29 is 44.4 Å². The molecule has 4 rings (SSSR count). The lowest BCUT2D eigenvalue weighted by Gasteiger charge is -2.55. The topological polar surface area (TPSA) is 232 Å². The Kier molecular flexibility index (Phi) is 8.80. The summed E-state index contributed by atoms with van der Waals surface area (Å²) in [6.07, 6.45) is -2.45. The minimum absolute atomic E-state index is 0.108. The van der Waals surface area contributed by atoms with Gasteiger partial charge in [0, 0.05) is 34.9 Å². The number of fused-ring (bicyclic) bond motifs is 3. The van der Waals surface area contributed by atoms with Crippen molar-refractivity contribution in [2.75, 3.05) is 19.4 Å². The Labute approximate surface area is 273 Å². The average molecular weight is 656 g/mol. The molecule has 0 fully saturated rings. The molecule has 3 aliphatic carbocycles. The smallest absolute Gasteiger partial charge is 0.319 e. The molecule has 1 aromatic carbocycles. The number of carbonyl (C=O) groups excluding carboxylic acids is 5. The van der Waals surface area contributed by atoms with Crippen LogP contribution in [-0.2, 0) is 14.4 Å². The standard InChI is InChI=1S/C33H45N5O9/c1-13-14-10-11-15(35-30(47)37-32(5,6)7)23(40)18(14)24(41)19-17(13)25(42)21-22(38(8)9)26(43)20(29(34)46)28(45)33(21,27(19)44)12-16(39)36-31(2,3)4/h10-11,13,17,21-22,25,40,42-44H,12H2,1-9H3,(H2,34,46)(H,36,39)(H2,35,37,47)/t13-,17+,21+,22-,25-,33+/m0/s1. The van der Waals surface area contributed by atoms with Crippen LogP contribution in [0, 0.1) is 17.3 Å². The van der Waals surface area contributed by atoms with Crippen LogP contribution in [0.25, 0.3) is 0 Å². The highest BCUT2D eigenvalue weighted by atomic mass is 16.3. The number of allylic oxidation sites excluding steroid dienone is 1. The number of primary amides is 1. The second kappa shape index (κ2) is 11.7. The maximum Gasteiger partial charge on any atom is 0.319 e. The molecule has 0 heterocycles. The van der Waals surface area contributed by atoms with Crippen molar-refractivity contribution in [1.82, 2.24) is 15.5 Å². The van der Waals surface area contributed by atoms with Gasteiger partial charge in [-0.05, 0) is 73.2 Å². The number of ketones is 2. The van der Waals surface area contributed by atoms with E-state index in [-0.39, 0.29) is 11.3 Å². The molecule has 0 radical (unpaired) electrons. The number of phenolic OH excluding ortho intramolecular Hbond substituents is 1. The number of hydrogen-bond donors (Lipinski definition) is 8. The molecular formula is C33H45N5O9. The van der Waals surface area contributed by atoms with Gasteiger partial charge >= 0.3 is 6.03 Å². The molecule has 256 valence electrons. The maximum absolute atomic E-state index is 14.4. The highest BCUT2D eigenvalue weighted by molar-refractivity contribution is 6.24. The van der Waals surface area contributed by atoms with Crippen LogP contribution in [0.15, 0.2) is 34.8 Å². The quantitative estimate of drug-likeness (QED) is 0.170. The highest BCUT2D eigenvalue weighted by Gasteiger charge is 2.68. The summed E-state index contributed by atoms with van der Waals surface area (Å²) in [5.74, 6) is -9.78. The Morgan fingerprint density at radius 3 is 2.06 bits per heavy atom. The number of aliphatic hydroxyl groups is 3. The van der Waals surface area contributed by atoms with Gasteiger partial charge in [-0.2, -0.15) is 0 Å². The number of carbonyl (C=O) groups is 5. The first kappa shape index (κ1) is 35.4. The summed E-state index contributed by atoms with van der Waals surface area (Å²) in [4.78, 5) is 69.0. The number of urea groups is 1.